The van der Waals surface area contributed by atoms with Crippen LogP contribution in [0.4, 0.5) is 0 Å². The number of ether oxygens (including phenoxy) is 1. The first kappa shape index (κ1) is 9.85. The second-order valence-corrected chi connectivity index (χ2v) is 2.77. The number of rotatable bonds is 1. The minimum atomic E-state index is -1.49. The molecule has 0 spiro atoms. The zero-order valence-corrected chi connectivity index (χ0v) is 6.37. The second kappa shape index (κ2) is 3.65. The summed E-state index contributed by atoms with van der Waals surface area (Å²) >= 11 is 0. The molecule has 0 aromatic heterocycles. The van der Waals surface area contributed by atoms with Crippen molar-refractivity contribution in [2.24, 2.45) is 5.73 Å². The van der Waals surface area contributed by atoms with E-state index in [9.17, 15) is 5.11 Å². The molecule has 12 heavy (non-hydrogen) atoms. The molecule has 1 aliphatic rings. The molecule has 0 amide bonds. The standard InChI is InChI=1S/C6H13NO5/c7-1-2-3(8)4(9)5(10)6(11)12-2/h2-6,8-11H,1,7H2/t2?,3-,4?,5?,6?/m0/s1. The molecular weight excluding hydrogens is 166 g/mol. The summed E-state index contributed by atoms with van der Waals surface area (Å²) in [4.78, 5) is 0. The van der Waals surface area contributed by atoms with E-state index in [-0.39, 0.29) is 6.54 Å². The van der Waals surface area contributed by atoms with Gasteiger partial charge in [0.1, 0.15) is 24.4 Å². The Morgan fingerprint density at radius 3 is 2.08 bits per heavy atom. The molecule has 0 saturated carbocycles. The molecule has 1 fully saturated rings. The third-order valence-corrected chi connectivity index (χ3v) is 1.92. The predicted octanol–water partition coefficient (Wildman–Crippen LogP) is -3.25. The van der Waals surface area contributed by atoms with Gasteiger partial charge in [-0.15, -0.1) is 0 Å². The van der Waals surface area contributed by atoms with Crippen LogP contribution < -0.4 is 5.73 Å². The van der Waals surface area contributed by atoms with Gasteiger partial charge in [-0.1, -0.05) is 0 Å². The van der Waals surface area contributed by atoms with E-state index in [1.54, 1.807) is 0 Å². The number of hydrogen-bond acceptors (Lipinski definition) is 6. The lowest BCUT2D eigenvalue weighted by Gasteiger charge is -2.37. The number of aliphatic hydroxyl groups excluding tert-OH is 4. The molecule has 1 heterocycles. The molecule has 0 radical (unpaired) electrons. The van der Waals surface area contributed by atoms with Crippen LogP contribution in [-0.4, -0.2) is 57.7 Å². The molecule has 1 saturated heterocycles. The fourth-order valence-corrected chi connectivity index (χ4v) is 1.13. The summed E-state index contributed by atoms with van der Waals surface area (Å²) in [5.74, 6) is 0. The fraction of sp³-hybridized carbons (Fsp3) is 1.00. The summed E-state index contributed by atoms with van der Waals surface area (Å²) < 4.78 is 4.70. The Balaban J connectivity index is 2.63. The highest BCUT2D eigenvalue weighted by molar-refractivity contribution is 4.88. The Morgan fingerprint density at radius 1 is 1.00 bits per heavy atom. The van der Waals surface area contributed by atoms with E-state index in [1.165, 1.54) is 0 Å². The summed E-state index contributed by atoms with van der Waals surface area (Å²) in [6.07, 6.45) is -6.48. The highest BCUT2D eigenvalue weighted by atomic mass is 16.6. The summed E-state index contributed by atoms with van der Waals surface area (Å²) in [6, 6.07) is 0. The third kappa shape index (κ3) is 1.58. The van der Waals surface area contributed by atoms with Gasteiger partial charge >= 0.3 is 0 Å². The Bertz CT molecular complexity index is 150. The lowest BCUT2D eigenvalue weighted by molar-refractivity contribution is -0.279. The van der Waals surface area contributed by atoms with Crippen molar-refractivity contribution in [3.63, 3.8) is 0 Å². The zero-order valence-electron chi connectivity index (χ0n) is 6.37. The first-order valence-electron chi connectivity index (χ1n) is 3.65. The molecule has 1 rings (SSSR count). The van der Waals surface area contributed by atoms with E-state index in [0.717, 1.165) is 0 Å². The monoisotopic (exact) mass is 179 g/mol. The van der Waals surface area contributed by atoms with Gasteiger partial charge in [0.05, 0.1) is 0 Å². The van der Waals surface area contributed by atoms with Crippen molar-refractivity contribution in [2.75, 3.05) is 6.54 Å². The Kier molecular flexibility index (Phi) is 2.99. The first-order chi connectivity index (χ1) is 5.57. The molecule has 6 N–H and O–H groups in total. The summed E-state index contributed by atoms with van der Waals surface area (Å²) in [5, 5.41) is 36.3. The second-order valence-electron chi connectivity index (χ2n) is 2.77. The van der Waals surface area contributed by atoms with Gasteiger partial charge in [0.2, 0.25) is 0 Å². The van der Waals surface area contributed by atoms with Crippen LogP contribution in [0.1, 0.15) is 0 Å². The smallest absolute Gasteiger partial charge is 0.184 e. The normalized spacial score (nSPS) is 49.2. The van der Waals surface area contributed by atoms with Crippen molar-refractivity contribution in [2.45, 2.75) is 30.7 Å². The Hall–Kier alpha value is -0.240. The maximum Gasteiger partial charge on any atom is 0.184 e. The van der Waals surface area contributed by atoms with Gasteiger partial charge < -0.3 is 30.9 Å². The zero-order chi connectivity index (χ0) is 9.30. The van der Waals surface area contributed by atoms with Crippen molar-refractivity contribution in [1.29, 1.82) is 0 Å². The minimum absolute atomic E-state index is 0.0258. The maximum absolute atomic E-state index is 9.20. The van der Waals surface area contributed by atoms with E-state index >= 15 is 0 Å². The van der Waals surface area contributed by atoms with Crippen LogP contribution in [0.5, 0.6) is 0 Å². The summed E-state index contributed by atoms with van der Waals surface area (Å²) in [7, 11) is 0. The summed E-state index contributed by atoms with van der Waals surface area (Å²) in [6.45, 7) is -0.0258. The maximum atomic E-state index is 9.20. The van der Waals surface area contributed by atoms with Crippen molar-refractivity contribution < 1.29 is 25.2 Å². The van der Waals surface area contributed by atoms with Crippen LogP contribution in [0, 0.1) is 0 Å². The third-order valence-electron chi connectivity index (χ3n) is 1.92. The molecule has 5 atom stereocenters. The molecule has 6 nitrogen and oxygen atoms in total. The molecule has 4 unspecified atom stereocenters. The molecular formula is C6H13NO5. The van der Waals surface area contributed by atoms with Crippen molar-refractivity contribution in [1.82, 2.24) is 0 Å². The van der Waals surface area contributed by atoms with Gasteiger partial charge in [0.25, 0.3) is 0 Å². The van der Waals surface area contributed by atoms with Crippen molar-refractivity contribution in [3.8, 4) is 0 Å². The SMILES string of the molecule is NCC1OC(O)C(O)C(O)[C@H]1O. The Morgan fingerprint density at radius 2 is 1.58 bits per heavy atom. The van der Waals surface area contributed by atoms with Crippen LogP contribution >= 0.6 is 0 Å². The lowest BCUT2D eigenvalue weighted by atomic mass is 9.99. The highest BCUT2D eigenvalue weighted by Crippen LogP contribution is 2.18. The molecule has 1 aliphatic heterocycles. The van der Waals surface area contributed by atoms with Crippen LogP contribution in [0.3, 0.4) is 0 Å². The highest BCUT2D eigenvalue weighted by Gasteiger charge is 2.42. The molecule has 72 valence electrons. The van der Waals surface area contributed by atoms with Crippen LogP contribution in [0.15, 0.2) is 0 Å². The van der Waals surface area contributed by atoms with Gasteiger partial charge in [-0.05, 0) is 0 Å². The fourth-order valence-electron chi connectivity index (χ4n) is 1.13. The number of aliphatic hydroxyl groups is 4. The van der Waals surface area contributed by atoms with E-state index in [2.05, 4.69) is 0 Å². The van der Waals surface area contributed by atoms with Crippen LogP contribution in [-0.2, 0) is 4.74 Å². The van der Waals surface area contributed by atoms with E-state index in [0.29, 0.717) is 0 Å². The van der Waals surface area contributed by atoms with Gasteiger partial charge in [-0.25, -0.2) is 0 Å². The lowest BCUT2D eigenvalue weighted by Crippen LogP contribution is -2.59. The Labute approximate surface area is 69.2 Å². The molecule has 0 aromatic carbocycles. The van der Waals surface area contributed by atoms with E-state index in [4.69, 9.17) is 25.8 Å². The summed E-state index contributed by atoms with van der Waals surface area (Å²) in [5.41, 5.74) is 5.17. The minimum Gasteiger partial charge on any atom is -0.388 e. The molecule has 0 aliphatic carbocycles. The molecule has 0 bridgehead atoms. The number of nitrogens with two attached hydrogens (primary N) is 1. The topological polar surface area (TPSA) is 116 Å². The average Bonchev–Trinajstić information content (AvgIpc) is 2.08. The molecule has 6 heteroatoms. The van der Waals surface area contributed by atoms with Crippen molar-refractivity contribution in [3.05, 3.63) is 0 Å². The van der Waals surface area contributed by atoms with E-state index < -0.39 is 30.7 Å². The van der Waals surface area contributed by atoms with Crippen LogP contribution in [0.2, 0.25) is 0 Å². The van der Waals surface area contributed by atoms with Gasteiger partial charge in [-0.3, -0.25) is 0 Å². The van der Waals surface area contributed by atoms with Gasteiger partial charge in [0, 0.05) is 6.54 Å². The molecule has 0 aromatic rings. The quantitative estimate of drug-likeness (QED) is 0.288. The van der Waals surface area contributed by atoms with E-state index in [1.807, 2.05) is 0 Å². The average molecular weight is 179 g/mol. The predicted molar refractivity (Wildman–Crippen MR) is 38.0 cm³/mol. The first-order valence-corrected chi connectivity index (χ1v) is 3.65. The van der Waals surface area contributed by atoms with Crippen molar-refractivity contribution >= 4 is 0 Å². The number of hydrogen-bond donors (Lipinski definition) is 5. The van der Waals surface area contributed by atoms with Gasteiger partial charge in [-0.2, -0.15) is 0 Å². The van der Waals surface area contributed by atoms with Gasteiger partial charge in [0.15, 0.2) is 6.29 Å². The largest absolute Gasteiger partial charge is 0.388 e. The van der Waals surface area contributed by atoms with Crippen LogP contribution in [0.25, 0.3) is 0 Å².